The lowest BCUT2D eigenvalue weighted by Crippen LogP contribution is -2.05. The van der Waals surface area contributed by atoms with Crippen molar-refractivity contribution < 1.29 is 0 Å². The summed E-state index contributed by atoms with van der Waals surface area (Å²) in [5.41, 5.74) is 0. The van der Waals surface area contributed by atoms with E-state index in [9.17, 15) is 0 Å². The molecule has 50 valence electrons. The van der Waals surface area contributed by atoms with Crippen LogP contribution >= 0.6 is 0 Å². The fourth-order valence-electron chi connectivity index (χ4n) is 0.332. The molecule has 0 aromatic carbocycles. The van der Waals surface area contributed by atoms with Gasteiger partial charge in [0, 0.05) is 18.9 Å². The third-order valence-electron chi connectivity index (χ3n) is 0.783. The van der Waals surface area contributed by atoms with Crippen molar-refractivity contribution in [2.45, 2.75) is 6.92 Å². The van der Waals surface area contributed by atoms with Crippen molar-refractivity contribution in [3.05, 3.63) is 25.6 Å². The first kappa shape index (κ1) is 7.88. The molecule has 3 nitrogen and oxygen atoms in total. The summed E-state index contributed by atoms with van der Waals surface area (Å²) < 4.78 is 0. The highest BCUT2D eigenvalue weighted by molar-refractivity contribution is 4.65. The highest BCUT2D eigenvalue weighted by Crippen LogP contribution is 1.88. The molecule has 0 spiro atoms. The molecule has 0 saturated heterocycles. The van der Waals surface area contributed by atoms with Crippen LogP contribution in [0.4, 0.5) is 0 Å². The minimum Gasteiger partial charge on any atom is -0.255 e. The summed E-state index contributed by atoms with van der Waals surface area (Å²) in [5, 5.41) is 8.87. The van der Waals surface area contributed by atoms with Crippen LogP contribution in [-0.4, -0.2) is 11.6 Å². The maximum Gasteiger partial charge on any atom is 0.0441 e. The van der Waals surface area contributed by atoms with Crippen molar-refractivity contribution in [2.24, 2.45) is 10.3 Å². The Morgan fingerprint density at radius 3 is 2.56 bits per heavy atom. The Kier molecular flexibility index (Phi) is 4.40. The Morgan fingerprint density at radius 1 is 1.56 bits per heavy atom. The first-order valence-corrected chi connectivity index (χ1v) is 2.76. The molecule has 0 saturated carbocycles. The fourth-order valence-corrected chi connectivity index (χ4v) is 0.332. The van der Waals surface area contributed by atoms with Gasteiger partial charge < -0.3 is 0 Å². The van der Waals surface area contributed by atoms with Gasteiger partial charge in [0.1, 0.15) is 0 Å². The van der Waals surface area contributed by atoms with Crippen LogP contribution in [0.1, 0.15) is 6.92 Å². The van der Waals surface area contributed by atoms with E-state index in [0.29, 0.717) is 0 Å². The number of hydrogen-bond acceptors (Lipinski definition) is 2. The van der Waals surface area contributed by atoms with Crippen LogP contribution < -0.4 is 0 Å². The lowest BCUT2D eigenvalue weighted by atomic mass is 10.7. The average molecular weight is 125 g/mol. The van der Waals surface area contributed by atoms with Crippen molar-refractivity contribution in [1.29, 1.82) is 0 Å². The van der Waals surface area contributed by atoms with Gasteiger partial charge in [-0.15, -0.1) is 5.11 Å². The molecule has 0 atom stereocenters. The van der Waals surface area contributed by atoms with Crippen LogP contribution in [0.5, 0.6) is 0 Å². The first-order valence-electron chi connectivity index (χ1n) is 2.76. The molecule has 0 unspecified atom stereocenters. The third kappa shape index (κ3) is 3.46. The van der Waals surface area contributed by atoms with Crippen LogP contribution in [-0.2, 0) is 0 Å². The molecule has 0 aromatic heterocycles. The summed E-state index contributed by atoms with van der Waals surface area (Å²) in [7, 11) is 0. The molecule has 0 aliphatic carbocycles. The molecule has 0 rings (SSSR count). The van der Waals surface area contributed by atoms with E-state index in [4.69, 9.17) is 0 Å². The summed E-state index contributed by atoms with van der Waals surface area (Å²) >= 11 is 0. The van der Waals surface area contributed by atoms with Gasteiger partial charge in [0.25, 0.3) is 0 Å². The Morgan fingerprint density at radius 2 is 2.22 bits per heavy atom. The van der Waals surface area contributed by atoms with E-state index < -0.39 is 0 Å². The molecular weight excluding hydrogens is 114 g/mol. The fraction of sp³-hybridized carbons (Fsp3) is 0.333. The zero-order valence-corrected chi connectivity index (χ0v) is 5.62. The molecule has 0 fully saturated rings. The molecule has 0 aliphatic heterocycles. The molecular formula is C6H11N3. The highest BCUT2D eigenvalue weighted by atomic mass is 15.5. The van der Waals surface area contributed by atoms with E-state index in [1.165, 1.54) is 6.20 Å². The first-order chi connectivity index (χ1) is 4.35. The van der Waals surface area contributed by atoms with Gasteiger partial charge >= 0.3 is 0 Å². The highest BCUT2D eigenvalue weighted by Gasteiger charge is 1.84. The van der Waals surface area contributed by atoms with Gasteiger partial charge in [-0.1, -0.05) is 18.4 Å². The van der Waals surface area contributed by atoms with Gasteiger partial charge in [0.15, 0.2) is 0 Å². The predicted molar refractivity (Wildman–Crippen MR) is 37.6 cm³/mol. The second kappa shape index (κ2) is 5.03. The van der Waals surface area contributed by atoms with Crippen molar-refractivity contribution >= 4 is 0 Å². The number of nitrogens with zero attached hydrogens (tertiary/aromatic N) is 3. The van der Waals surface area contributed by atoms with Gasteiger partial charge in [-0.25, -0.2) is 0 Å². The van der Waals surface area contributed by atoms with Gasteiger partial charge in [0.05, 0.1) is 0 Å². The second-order valence-electron chi connectivity index (χ2n) is 1.33. The third-order valence-corrected chi connectivity index (χ3v) is 0.783. The summed E-state index contributed by atoms with van der Waals surface area (Å²) in [6.45, 7) is 9.64. The van der Waals surface area contributed by atoms with E-state index in [1.807, 2.05) is 6.92 Å². The van der Waals surface area contributed by atoms with E-state index >= 15 is 0 Å². The molecule has 0 aliphatic rings. The van der Waals surface area contributed by atoms with E-state index in [2.05, 4.69) is 23.5 Å². The molecule has 0 radical (unpaired) electrons. The Balaban J connectivity index is 3.66. The quantitative estimate of drug-likeness (QED) is 0.417. The van der Waals surface area contributed by atoms with E-state index in [-0.39, 0.29) is 0 Å². The van der Waals surface area contributed by atoms with Crippen LogP contribution in [0.2, 0.25) is 0 Å². The maximum atomic E-state index is 3.70. The number of hydrogen-bond donors (Lipinski definition) is 0. The Bertz CT molecular complexity index is 117. The van der Waals surface area contributed by atoms with Crippen LogP contribution in [0, 0.1) is 0 Å². The molecule has 0 heterocycles. The average Bonchev–Trinajstić information content (AvgIpc) is 1.91. The molecule has 0 bridgehead atoms. The lowest BCUT2D eigenvalue weighted by molar-refractivity contribution is 0.396. The van der Waals surface area contributed by atoms with E-state index in [1.54, 1.807) is 11.2 Å². The summed E-state index contributed by atoms with van der Waals surface area (Å²) in [6.07, 6.45) is 2.99. The van der Waals surface area contributed by atoms with E-state index in [0.717, 1.165) is 6.54 Å². The standard InChI is InChI=1S/C6H11N3/c1-4-7-8-9(5-2)6-3/h4-5H,1-2,6H2,3H3/b8-7-. The molecule has 3 heteroatoms. The number of rotatable bonds is 4. The van der Waals surface area contributed by atoms with Crippen LogP contribution in [0.15, 0.2) is 35.9 Å². The largest absolute Gasteiger partial charge is 0.255 e. The molecule has 9 heavy (non-hydrogen) atoms. The summed E-state index contributed by atoms with van der Waals surface area (Å²) in [6, 6.07) is 0. The molecule has 0 amide bonds. The predicted octanol–water partition coefficient (Wildman–Crippen LogP) is 1.96. The van der Waals surface area contributed by atoms with Gasteiger partial charge in [-0.2, -0.15) is 0 Å². The second-order valence-corrected chi connectivity index (χ2v) is 1.33. The minimum atomic E-state index is 0.779. The summed E-state index contributed by atoms with van der Waals surface area (Å²) in [5.74, 6) is 0. The molecule has 0 aromatic rings. The lowest BCUT2D eigenvalue weighted by Gasteiger charge is -2.05. The topological polar surface area (TPSA) is 28.0 Å². The van der Waals surface area contributed by atoms with Crippen molar-refractivity contribution in [3.8, 4) is 0 Å². The maximum absolute atomic E-state index is 3.70. The Hall–Kier alpha value is -1.12. The van der Waals surface area contributed by atoms with Gasteiger partial charge in [-0.3, -0.25) is 5.01 Å². The van der Waals surface area contributed by atoms with Gasteiger partial charge in [-0.05, 0) is 6.92 Å². The van der Waals surface area contributed by atoms with Crippen molar-refractivity contribution in [2.75, 3.05) is 6.54 Å². The molecule has 0 N–H and O–H groups in total. The van der Waals surface area contributed by atoms with Crippen LogP contribution in [0.3, 0.4) is 0 Å². The smallest absolute Gasteiger partial charge is 0.0441 e. The van der Waals surface area contributed by atoms with Crippen molar-refractivity contribution in [1.82, 2.24) is 5.01 Å². The zero-order chi connectivity index (χ0) is 7.11. The SMILES string of the molecule is C=C/N=N\N(C=C)CC. The minimum absolute atomic E-state index is 0.779. The van der Waals surface area contributed by atoms with Gasteiger partial charge in [0.2, 0.25) is 0 Å². The van der Waals surface area contributed by atoms with Crippen molar-refractivity contribution in [3.63, 3.8) is 0 Å². The monoisotopic (exact) mass is 125 g/mol. The summed E-state index contributed by atoms with van der Waals surface area (Å²) in [4.78, 5) is 0. The van der Waals surface area contributed by atoms with Crippen LogP contribution in [0.25, 0.3) is 0 Å². The Labute approximate surface area is 55.4 Å². The normalized spacial score (nSPS) is 9.44. The zero-order valence-electron chi connectivity index (χ0n) is 5.62.